The van der Waals surface area contributed by atoms with Gasteiger partial charge in [-0.25, -0.2) is 8.57 Å². The van der Waals surface area contributed by atoms with Gasteiger partial charge in [-0.2, -0.15) is 0 Å². The van der Waals surface area contributed by atoms with E-state index in [1.807, 2.05) is 0 Å². The van der Waals surface area contributed by atoms with Crippen molar-refractivity contribution in [2.45, 2.75) is 38.6 Å². The van der Waals surface area contributed by atoms with Gasteiger partial charge in [0.05, 0.1) is 6.04 Å². The third-order valence-corrected chi connectivity index (χ3v) is 6.71. The van der Waals surface area contributed by atoms with E-state index in [1.54, 1.807) is 0 Å². The van der Waals surface area contributed by atoms with E-state index in [0.29, 0.717) is 12.0 Å². The van der Waals surface area contributed by atoms with Crippen molar-refractivity contribution in [3.05, 3.63) is 0 Å². The monoisotopic (exact) mass is 273 g/mol. The number of hydrogen-bond acceptors (Lipinski definition) is 4. The van der Waals surface area contributed by atoms with Crippen LogP contribution in [0.3, 0.4) is 0 Å². The van der Waals surface area contributed by atoms with Crippen LogP contribution in [0.1, 0.15) is 32.6 Å². The molecule has 0 aromatic rings. The molecule has 1 aliphatic heterocycles. The normalized spacial score (nSPS) is 33.2. The topological polar surface area (TPSA) is 58.7 Å². The highest BCUT2D eigenvalue weighted by molar-refractivity contribution is 7.93. The molecule has 0 aromatic carbocycles. The van der Waals surface area contributed by atoms with Crippen LogP contribution in [-0.2, 0) is 9.73 Å². The van der Waals surface area contributed by atoms with Crippen LogP contribution in [0.15, 0.2) is 4.36 Å². The summed E-state index contributed by atoms with van der Waals surface area (Å²) in [5.74, 6) is 2.23. The van der Waals surface area contributed by atoms with Gasteiger partial charge in [0.1, 0.15) is 0 Å². The first-order chi connectivity index (χ1) is 8.65. The van der Waals surface area contributed by atoms with Crippen molar-refractivity contribution < 1.29 is 4.21 Å². The van der Waals surface area contributed by atoms with Gasteiger partial charge in [0.15, 0.2) is 0 Å². The summed E-state index contributed by atoms with van der Waals surface area (Å²) in [6.45, 7) is 5.94. The molecule has 4 nitrogen and oxygen atoms in total. The highest BCUT2D eigenvalue weighted by atomic mass is 32.2. The summed E-state index contributed by atoms with van der Waals surface area (Å²) in [7, 11) is -1.90. The lowest BCUT2D eigenvalue weighted by Crippen LogP contribution is -2.40. The Hall–Kier alpha value is -0.130. The first-order valence-corrected chi connectivity index (χ1v) is 9.14. The van der Waals surface area contributed by atoms with Crippen LogP contribution in [0.4, 0.5) is 0 Å². The maximum Gasteiger partial charge on any atom is 0.0594 e. The molecule has 5 heteroatoms. The molecule has 0 atom stereocenters. The third kappa shape index (κ3) is 3.68. The minimum absolute atomic E-state index is 0.341. The third-order valence-electron chi connectivity index (χ3n) is 4.39. The smallest absolute Gasteiger partial charge is 0.0594 e. The van der Waals surface area contributed by atoms with Crippen molar-refractivity contribution in [2.75, 3.05) is 37.7 Å². The second-order valence-corrected chi connectivity index (χ2v) is 8.20. The predicted molar refractivity (Wildman–Crippen MR) is 77.2 cm³/mol. The van der Waals surface area contributed by atoms with Gasteiger partial charge < -0.3 is 10.6 Å². The molecule has 1 aliphatic carbocycles. The first kappa shape index (κ1) is 14.3. The van der Waals surface area contributed by atoms with Crippen LogP contribution in [0.2, 0.25) is 0 Å². The number of hydrogen-bond donors (Lipinski definition) is 1. The Bertz CT molecular complexity index is 354. The van der Waals surface area contributed by atoms with Crippen LogP contribution in [0.5, 0.6) is 0 Å². The molecule has 0 spiro atoms. The standard InChI is InChI=1S/C13H27N3OS/c1-2-16-7-9-18(17,10-8-16)15-13-5-3-12(11-14)4-6-13/h12-13H,2-11,14H2,1H3. The van der Waals surface area contributed by atoms with E-state index >= 15 is 0 Å². The fourth-order valence-corrected chi connectivity index (χ4v) is 5.19. The summed E-state index contributed by atoms with van der Waals surface area (Å²) in [5, 5.41) is 0. The molecule has 1 saturated heterocycles. The second-order valence-electron chi connectivity index (χ2n) is 5.63. The highest BCUT2D eigenvalue weighted by Crippen LogP contribution is 2.26. The van der Waals surface area contributed by atoms with Gasteiger partial charge in [0.2, 0.25) is 0 Å². The Balaban J connectivity index is 1.91. The fourth-order valence-electron chi connectivity index (χ4n) is 2.94. The van der Waals surface area contributed by atoms with Crippen molar-refractivity contribution >= 4 is 9.73 Å². The Morgan fingerprint density at radius 2 is 1.83 bits per heavy atom. The molecule has 2 fully saturated rings. The van der Waals surface area contributed by atoms with Crippen molar-refractivity contribution in [1.29, 1.82) is 0 Å². The SMILES string of the molecule is CCN1CCS(=O)(=NC2CCC(CN)CC2)CC1. The number of nitrogens with zero attached hydrogens (tertiary/aromatic N) is 2. The highest BCUT2D eigenvalue weighted by Gasteiger charge is 2.24. The van der Waals surface area contributed by atoms with E-state index in [9.17, 15) is 4.21 Å². The Morgan fingerprint density at radius 3 is 2.33 bits per heavy atom. The molecule has 18 heavy (non-hydrogen) atoms. The first-order valence-electron chi connectivity index (χ1n) is 7.29. The molecule has 2 N–H and O–H groups in total. The van der Waals surface area contributed by atoms with Gasteiger partial charge >= 0.3 is 0 Å². The molecule has 0 amide bonds. The van der Waals surface area contributed by atoms with Gasteiger partial charge in [0.25, 0.3) is 0 Å². The molecular weight excluding hydrogens is 246 g/mol. The van der Waals surface area contributed by atoms with E-state index < -0.39 is 9.73 Å². The minimum Gasteiger partial charge on any atom is -0.330 e. The zero-order valence-corrected chi connectivity index (χ0v) is 12.3. The second kappa shape index (κ2) is 6.35. The molecule has 1 heterocycles. The summed E-state index contributed by atoms with van der Waals surface area (Å²) in [6.07, 6.45) is 4.52. The van der Waals surface area contributed by atoms with E-state index in [-0.39, 0.29) is 0 Å². The summed E-state index contributed by atoms with van der Waals surface area (Å²) in [4.78, 5) is 2.37. The molecule has 2 rings (SSSR count). The Labute approximate surface area is 111 Å². The van der Waals surface area contributed by atoms with E-state index in [4.69, 9.17) is 10.1 Å². The Kier molecular flexibility index (Phi) is 5.04. The zero-order chi connectivity index (χ0) is 13.0. The molecule has 106 valence electrons. The van der Waals surface area contributed by atoms with Gasteiger partial charge in [-0.05, 0) is 44.7 Å². The van der Waals surface area contributed by atoms with Crippen LogP contribution in [0.25, 0.3) is 0 Å². The molecule has 0 bridgehead atoms. The van der Waals surface area contributed by atoms with Gasteiger partial charge in [-0.1, -0.05) is 6.92 Å². The fraction of sp³-hybridized carbons (Fsp3) is 1.00. The lowest BCUT2D eigenvalue weighted by Gasteiger charge is -2.30. The lowest BCUT2D eigenvalue weighted by molar-refractivity contribution is 0.313. The van der Waals surface area contributed by atoms with E-state index in [2.05, 4.69) is 11.8 Å². The largest absolute Gasteiger partial charge is 0.330 e. The van der Waals surface area contributed by atoms with Gasteiger partial charge in [-0.3, -0.25) is 0 Å². The van der Waals surface area contributed by atoms with Crippen LogP contribution >= 0.6 is 0 Å². The summed E-state index contributed by atoms with van der Waals surface area (Å²) >= 11 is 0. The maximum atomic E-state index is 12.7. The summed E-state index contributed by atoms with van der Waals surface area (Å²) in [6, 6.07) is 0.341. The van der Waals surface area contributed by atoms with Crippen LogP contribution in [-0.4, -0.2) is 52.8 Å². The molecule has 0 radical (unpaired) electrons. The van der Waals surface area contributed by atoms with Crippen LogP contribution in [0, 0.1) is 5.92 Å². The van der Waals surface area contributed by atoms with Crippen molar-refractivity contribution in [3.63, 3.8) is 0 Å². The van der Waals surface area contributed by atoms with Crippen molar-refractivity contribution in [1.82, 2.24) is 4.90 Å². The summed E-state index contributed by atoms with van der Waals surface area (Å²) < 4.78 is 17.4. The average Bonchev–Trinajstić information content (AvgIpc) is 2.40. The maximum absolute atomic E-state index is 12.7. The van der Waals surface area contributed by atoms with Crippen molar-refractivity contribution in [3.8, 4) is 0 Å². The lowest BCUT2D eigenvalue weighted by atomic mass is 9.87. The minimum atomic E-state index is -1.90. The van der Waals surface area contributed by atoms with E-state index in [0.717, 1.165) is 50.5 Å². The van der Waals surface area contributed by atoms with Gasteiger partial charge in [-0.15, -0.1) is 0 Å². The van der Waals surface area contributed by atoms with E-state index in [1.165, 1.54) is 12.8 Å². The number of nitrogens with two attached hydrogens (primary N) is 1. The summed E-state index contributed by atoms with van der Waals surface area (Å²) in [5.41, 5.74) is 5.70. The van der Waals surface area contributed by atoms with Gasteiger partial charge in [0, 0.05) is 34.3 Å². The molecule has 0 aromatic heterocycles. The predicted octanol–water partition coefficient (Wildman–Crippen LogP) is 1.31. The average molecular weight is 273 g/mol. The molecule has 2 aliphatic rings. The molecular formula is C13H27N3OS. The number of rotatable bonds is 3. The van der Waals surface area contributed by atoms with Crippen molar-refractivity contribution in [2.24, 2.45) is 16.0 Å². The zero-order valence-electron chi connectivity index (χ0n) is 11.5. The molecule has 0 unspecified atom stereocenters. The Morgan fingerprint density at radius 1 is 1.22 bits per heavy atom. The quantitative estimate of drug-likeness (QED) is 0.843. The van der Waals surface area contributed by atoms with Crippen LogP contribution < -0.4 is 5.73 Å². The molecule has 1 saturated carbocycles.